The third-order valence-electron chi connectivity index (χ3n) is 2.45. The van der Waals surface area contributed by atoms with Crippen LogP contribution in [0.2, 0.25) is 0 Å². The number of aryl methyl sites for hydroxylation is 2. The number of hydrogen-bond donors (Lipinski definition) is 2. The number of para-hydroxylation sites is 1. The number of nitrogen functional groups attached to an aromatic ring is 1. The molecule has 0 spiro atoms. The van der Waals surface area contributed by atoms with E-state index >= 15 is 0 Å². The van der Waals surface area contributed by atoms with Gasteiger partial charge in [-0.25, -0.2) is 4.98 Å². The van der Waals surface area contributed by atoms with E-state index in [2.05, 4.69) is 15.7 Å². The molecule has 2 aromatic rings. The highest BCUT2D eigenvalue weighted by Crippen LogP contribution is 2.22. The summed E-state index contributed by atoms with van der Waals surface area (Å²) in [5, 5.41) is 6.46. The maximum absolute atomic E-state index is 5.97. The van der Waals surface area contributed by atoms with Gasteiger partial charge in [0.1, 0.15) is 0 Å². The number of nitrogens with two attached hydrogens (primary N) is 1. The summed E-state index contributed by atoms with van der Waals surface area (Å²) in [6.07, 6.45) is 0. The van der Waals surface area contributed by atoms with Gasteiger partial charge in [0.2, 0.25) is 0 Å². The highest BCUT2D eigenvalue weighted by molar-refractivity contribution is 7.09. The Kier molecular flexibility index (Phi) is 3.10. The smallest absolute Gasteiger partial charge is 0.0898 e. The Hall–Kier alpha value is -1.55. The van der Waals surface area contributed by atoms with Crippen molar-refractivity contribution in [2.45, 2.75) is 20.4 Å². The first-order chi connectivity index (χ1) is 7.66. The minimum Gasteiger partial charge on any atom is -0.397 e. The molecule has 0 saturated carbocycles. The maximum Gasteiger partial charge on any atom is 0.0898 e. The van der Waals surface area contributed by atoms with Crippen LogP contribution in [0.3, 0.4) is 0 Å². The van der Waals surface area contributed by atoms with Crippen LogP contribution in [0.5, 0.6) is 0 Å². The van der Waals surface area contributed by atoms with Gasteiger partial charge in [-0.2, -0.15) is 0 Å². The highest BCUT2D eigenvalue weighted by Gasteiger charge is 2.02. The molecule has 4 heteroatoms. The molecule has 3 N–H and O–H groups in total. The Morgan fingerprint density at radius 2 is 2.19 bits per heavy atom. The molecule has 0 aliphatic heterocycles. The number of hydrogen-bond acceptors (Lipinski definition) is 4. The van der Waals surface area contributed by atoms with Crippen molar-refractivity contribution >= 4 is 22.7 Å². The molecule has 0 aliphatic rings. The standard InChI is InChI=1S/C12H15N3S/c1-8-4-3-5-11(12(8)13)14-6-10-7-16-9(2)15-10/h3-5,7,14H,6,13H2,1-2H3. The first kappa shape index (κ1) is 11.0. The molecule has 0 saturated heterocycles. The topological polar surface area (TPSA) is 50.9 Å². The molecule has 16 heavy (non-hydrogen) atoms. The van der Waals surface area contributed by atoms with Gasteiger partial charge in [0, 0.05) is 5.38 Å². The van der Waals surface area contributed by atoms with Gasteiger partial charge < -0.3 is 11.1 Å². The number of nitrogens with one attached hydrogen (secondary N) is 1. The lowest BCUT2D eigenvalue weighted by Crippen LogP contribution is -2.03. The van der Waals surface area contributed by atoms with Crippen LogP contribution < -0.4 is 11.1 Å². The van der Waals surface area contributed by atoms with Crippen molar-refractivity contribution in [1.29, 1.82) is 0 Å². The molecule has 0 unspecified atom stereocenters. The van der Waals surface area contributed by atoms with Crippen LogP contribution in [0.4, 0.5) is 11.4 Å². The van der Waals surface area contributed by atoms with Crippen LogP contribution in [0, 0.1) is 13.8 Å². The lowest BCUT2D eigenvalue weighted by Gasteiger charge is -2.09. The van der Waals surface area contributed by atoms with Crippen LogP contribution in [0.15, 0.2) is 23.6 Å². The zero-order chi connectivity index (χ0) is 11.5. The third-order valence-corrected chi connectivity index (χ3v) is 3.27. The maximum atomic E-state index is 5.97. The molecular weight excluding hydrogens is 218 g/mol. The molecule has 3 nitrogen and oxygen atoms in total. The summed E-state index contributed by atoms with van der Waals surface area (Å²) in [4.78, 5) is 4.39. The summed E-state index contributed by atoms with van der Waals surface area (Å²) in [6, 6.07) is 6.00. The van der Waals surface area contributed by atoms with Crippen LogP contribution in [0.1, 0.15) is 16.3 Å². The van der Waals surface area contributed by atoms with E-state index in [0.29, 0.717) is 0 Å². The largest absolute Gasteiger partial charge is 0.397 e. The first-order valence-corrected chi connectivity index (χ1v) is 6.05. The van der Waals surface area contributed by atoms with Crippen molar-refractivity contribution in [3.63, 3.8) is 0 Å². The van der Waals surface area contributed by atoms with Gasteiger partial charge in [0.25, 0.3) is 0 Å². The molecule has 84 valence electrons. The van der Waals surface area contributed by atoms with Crippen molar-refractivity contribution in [3.8, 4) is 0 Å². The van der Waals surface area contributed by atoms with Crippen LogP contribution in [0.25, 0.3) is 0 Å². The summed E-state index contributed by atoms with van der Waals surface area (Å²) < 4.78 is 0. The number of benzene rings is 1. The molecule has 0 radical (unpaired) electrons. The predicted molar refractivity (Wildman–Crippen MR) is 69.8 cm³/mol. The van der Waals surface area contributed by atoms with Crippen LogP contribution >= 0.6 is 11.3 Å². The lowest BCUT2D eigenvalue weighted by molar-refractivity contribution is 1.05. The second-order valence-corrected chi connectivity index (χ2v) is 4.81. The van der Waals surface area contributed by atoms with Crippen molar-refractivity contribution in [3.05, 3.63) is 39.8 Å². The molecule has 0 atom stereocenters. The fourth-order valence-corrected chi connectivity index (χ4v) is 2.12. The van der Waals surface area contributed by atoms with E-state index in [0.717, 1.165) is 34.2 Å². The number of nitrogens with zero attached hydrogens (tertiary/aromatic N) is 1. The number of aromatic nitrogens is 1. The quantitative estimate of drug-likeness (QED) is 0.801. The van der Waals surface area contributed by atoms with Crippen molar-refractivity contribution in [1.82, 2.24) is 4.98 Å². The Morgan fingerprint density at radius 1 is 1.38 bits per heavy atom. The van der Waals surface area contributed by atoms with E-state index in [1.807, 2.05) is 32.0 Å². The predicted octanol–water partition coefficient (Wildman–Crippen LogP) is 2.95. The molecular formula is C12H15N3S. The zero-order valence-corrected chi connectivity index (χ0v) is 10.3. The molecule has 0 bridgehead atoms. The second-order valence-electron chi connectivity index (χ2n) is 3.75. The SMILES string of the molecule is Cc1nc(CNc2cccc(C)c2N)cs1. The van der Waals surface area contributed by atoms with Gasteiger partial charge in [-0.15, -0.1) is 11.3 Å². The Labute approximate surface area is 99.3 Å². The Balaban J connectivity index is 2.07. The minimum atomic E-state index is 0.720. The Bertz CT molecular complexity index is 491. The second kappa shape index (κ2) is 4.53. The third kappa shape index (κ3) is 2.33. The summed E-state index contributed by atoms with van der Waals surface area (Å²) in [5.41, 5.74) is 9.92. The van der Waals surface area contributed by atoms with Crippen LogP contribution in [-0.2, 0) is 6.54 Å². The van der Waals surface area contributed by atoms with Crippen molar-refractivity contribution in [2.75, 3.05) is 11.1 Å². The van der Waals surface area contributed by atoms with Crippen molar-refractivity contribution < 1.29 is 0 Å². The minimum absolute atomic E-state index is 0.720. The monoisotopic (exact) mass is 233 g/mol. The zero-order valence-electron chi connectivity index (χ0n) is 9.45. The fourth-order valence-electron chi connectivity index (χ4n) is 1.51. The van der Waals surface area contributed by atoms with Gasteiger partial charge >= 0.3 is 0 Å². The molecule has 1 heterocycles. The Morgan fingerprint density at radius 3 is 2.88 bits per heavy atom. The molecule has 1 aromatic heterocycles. The number of thiazole rings is 1. The van der Waals surface area contributed by atoms with E-state index < -0.39 is 0 Å². The van der Waals surface area contributed by atoms with Gasteiger partial charge in [-0.05, 0) is 25.5 Å². The van der Waals surface area contributed by atoms with E-state index in [1.54, 1.807) is 11.3 Å². The molecule has 0 amide bonds. The molecule has 2 rings (SSSR count). The summed E-state index contributed by atoms with van der Waals surface area (Å²) in [5.74, 6) is 0. The number of anilines is 2. The summed E-state index contributed by atoms with van der Waals surface area (Å²) in [7, 11) is 0. The van der Waals surface area contributed by atoms with Gasteiger partial charge in [0.15, 0.2) is 0 Å². The summed E-state index contributed by atoms with van der Waals surface area (Å²) in [6.45, 7) is 4.74. The normalized spacial score (nSPS) is 10.4. The highest BCUT2D eigenvalue weighted by atomic mass is 32.1. The van der Waals surface area contributed by atoms with Gasteiger partial charge in [0.05, 0.1) is 28.6 Å². The van der Waals surface area contributed by atoms with E-state index in [9.17, 15) is 0 Å². The van der Waals surface area contributed by atoms with Gasteiger partial charge in [-0.1, -0.05) is 12.1 Å². The van der Waals surface area contributed by atoms with Crippen LogP contribution in [-0.4, -0.2) is 4.98 Å². The van der Waals surface area contributed by atoms with E-state index in [-0.39, 0.29) is 0 Å². The molecule has 0 fully saturated rings. The fraction of sp³-hybridized carbons (Fsp3) is 0.250. The van der Waals surface area contributed by atoms with E-state index in [1.165, 1.54) is 0 Å². The molecule has 0 aliphatic carbocycles. The number of rotatable bonds is 3. The van der Waals surface area contributed by atoms with E-state index in [4.69, 9.17) is 5.73 Å². The summed E-state index contributed by atoms with van der Waals surface area (Å²) >= 11 is 1.66. The average molecular weight is 233 g/mol. The van der Waals surface area contributed by atoms with Crippen molar-refractivity contribution in [2.24, 2.45) is 0 Å². The first-order valence-electron chi connectivity index (χ1n) is 5.17. The van der Waals surface area contributed by atoms with Gasteiger partial charge in [-0.3, -0.25) is 0 Å². The molecule has 1 aromatic carbocycles. The average Bonchev–Trinajstić information content (AvgIpc) is 2.67. The lowest BCUT2D eigenvalue weighted by atomic mass is 10.2.